The van der Waals surface area contributed by atoms with Crippen LogP contribution in [0.15, 0.2) is 54.6 Å². The third kappa shape index (κ3) is 5.09. The van der Waals surface area contributed by atoms with Crippen LogP contribution in [0.1, 0.15) is 0 Å². The third-order valence-corrected chi connectivity index (χ3v) is 4.07. The summed E-state index contributed by atoms with van der Waals surface area (Å²) in [7, 11) is 1.53. The van der Waals surface area contributed by atoms with Crippen LogP contribution in [0.4, 0.5) is 5.69 Å². The highest BCUT2D eigenvalue weighted by atomic mass is 35.5. The fraction of sp³-hybridized carbons (Fsp3) is 0.105. The van der Waals surface area contributed by atoms with Gasteiger partial charge in [-0.3, -0.25) is 4.79 Å². The molecular weight excluding hydrogens is 389 g/mol. The molecule has 6 nitrogen and oxygen atoms in total. The van der Waals surface area contributed by atoms with Gasteiger partial charge in [0.05, 0.1) is 17.8 Å². The first-order chi connectivity index (χ1) is 13.0. The van der Waals surface area contributed by atoms with Crippen molar-refractivity contribution in [3.8, 4) is 22.9 Å². The van der Waals surface area contributed by atoms with E-state index in [1.165, 1.54) is 7.11 Å². The van der Waals surface area contributed by atoms with Gasteiger partial charge in [0.15, 0.2) is 6.61 Å². The molecule has 0 bridgehead atoms. The number of amides is 1. The molecule has 0 saturated carbocycles. The van der Waals surface area contributed by atoms with Crippen molar-refractivity contribution in [2.75, 3.05) is 19.0 Å². The molecule has 3 rings (SSSR count). The normalized spacial score (nSPS) is 10.3. The second-order valence-corrected chi connectivity index (χ2v) is 6.30. The lowest BCUT2D eigenvalue weighted by molar-refractivity contribution is -0.118. The van der Waals surface area contributed by atoms with E-state index in [9.17, 15) is 4.79 Å². The number of benzene rings is 2. The summed E-state index contributed by atoms with van der Waals surface area (Å²) in [4.78, 5) is 12.1. The first-order valence-corrected chi connectivity index (χ1v) is 8.66. The predicted octanol–water partition coefficient (Wildman–Crippen LogP) is 4.48. The molecule has 8 heteroatoms. The number of methoxy groups -OCH3 is 1. The van der Waals surface area contributed by atoms with Crippen LogP contribution in [-0.2, 0) is 4.79 Å². The van der Waals surface area contributed by atoms with Crippen LogP contribution in [0, 0.1) is 0 Å². The molecule has 0 aliphatic carbocycles. The molecule has 0 saturated heterocycles. The first-order valence-electron chi connectivity index (χ1n) is 7.91. The average Bonchev–Trinajstić information content (AvgIpc) is 2.67. The molecule has 1 amide bonds. The molecule has 0 atom stereocenters. The van der Waals surface area contributed by atoms with Gasteiger partial charge in [-0.2, -0.15) is 0 Å². The second-order valence-electron chi connectivity index (χ2n) is 5.45. The molecule has 27 heavy (non-hydrogen) atoms. The Hall–Kier alpha value is -2.83. The summed E-state index contributed by atoms with van der Waals surface area (Å²) in [5, 5.41) is 11.6. The molecule has 1 aromatic heterocycles. The molecule has 0 aliphatic heterocycles. The fourth-order valence-corrected chi connectivity index (χ4v) is 2.73. The van der Waals surface area contributed by atoms with Gasteiger partial charge in [-0.25, -0.2) is 0 Å². The molecule has 2 aromatic carbocycles. The van der Waals surface area contributed by atoms with Crippen molar-refractivity contribution in [1.29, 1.82) is 0 Å². The Labute approximate surface area is 166 Å². The Kier molecular flexibility index (Phi) is 6.11. The highest BCUT2D eigenvalue weighted by Crippen LogP contribution is 2.27. The Morgan fingerprint density at radius 2 is 1.93 bits per heavy atom. The van der Waals surface area contributed by atoms with Gasteiger partial charge < -0.3 is 14.8 Å². The van der Waals surface area contributed by atoms with Gasteiger partial charge in [0, 0.05) is 22.3 Å². The number of aromatic nitrogens is 2. The predicted molar refractivity (Wildman–Crippen MR) is 105 cm³/mol. The monoisotopic (exact) mass is 403 g/mol. The van der Waals surface area contributed by atoms with Gasteiger partial charge in [-0.15, -0.1) is 10.2 Å². The summed E-state index contributed by atoms with van der Waals surface area (Å²) in [5.41, 5.74) is 2.08. The lowest BCUT2D eigenvalue weighted by Gasteiger charge is -2.10. The highest BCUT2D eigenvalue weighted by Gasteiger charge is 2.08. The van der Waals surface area contributed by atoms with Crippen LogP contribution in [0.5, 0.6) is 11.6 Å². The minimum Gasteiger partial charge on any atom is -0.482 e. The lowest BCUT2D eigenvalue weighted by atomic mass is 10.1. The van der Waals surface area contributed by atoms with E-state index in [1.807, 2.05) is 12.1 Å². The van der Waals surface area contributed by atoms with Gasteiger partial charge in [0.25, 0.3) is 5.91 Å². The standard InChI is InChI=1S/C19H15Cl2N3O3/c1-26-19-8-6-16(23-24-19)12-3-2-4-14(9-12)22-18(25)11-27-17-7-5-13(20)10-15(17)21/h2-10H,11H2,1H3,(H,22,25). The van der Waals surface area contributed by atoms with Gasteiger partial charge >= 0.3 is 0 Å². The van der Waals surface area contributed by atoms with E-state index in [2.05, 4.69) is 15.5 Å². The number of anilines is 1. The zero-order valence-corrected chi connectivity index (χ0v) is 15.8. The van der Waals surface area contributed by atoms with E-state index >= 15 is 0 Å². The molecule has 0 aliphatic rings. The summed E-state index contributed by atoms with van der Waals surface area (Å²) < 4.78 is 10.4. The van der Waals surface area contributed by atoms with Crippen LogP contribution in [0.2, 0.25) is 10.0 Å². The Morgan fingerprint density at radius 1 is 1.07 bits per heavy atom. The van der Waals surface area contributed by atoms with Crippen molar-refractivity contribution >= 4 is 34.8 Å². The van der Waals surface area contributed by atoms with Crippen LogP contribution in [0.3, 0.4) is 0 Å². The molecular formula is C19H15Cl2N3O3. The van der Waals surface area contributed by atoms with Gasteiger partial charge in [0.2, 0.25) is 5.88 Å². The van der Waals surface area contributed by atoms with Crippen LogP contribution >= 0.6 is 23.2 Å². The van der Waals surface area contributed by atoms with Gasteiger partial charge in [-0.05, 0) is 36.4 Å². The first kappa shape index (κ1) is 18.9. The summed E-state index contributed by atoms with van der Waals surface area (Å²) in [6, 6.07) is 15.6. The largest absolute Gasteiger partial charge is 0.482 e. The molecule has 1 N–H and O–H groups in total. The number of nitrogens with zero attached hydrogens (tertiary/aromatic N) is 2. The summed E-state index contributed by atoms with van der Waals surface area (Å²) in [6.07, 6.45) is 0. The molecule has 0 unspecified atom stereocenters. The van der Waals surface area contributed by atoms with Crippen molar-refractivity contribution in [3.05, 3.63) is 64.6 Å². The van der Waals surface area contributed by atoms with Crippen LogP contribution < -0.4 is 14.8 Å². The third-order valence-electron chi connectivity index (χ3n) is 3.54. The molecule has 0 fully saturated rings. The lowest BCUT2D eigenvalue weighted by Crippen LogP contribution is -2.20. The Bertz CT molecular complexity index is 949. The molecule has 1 heterocycles. The second kappa shape index (κ2) is 8.70. The maximum atomic E-state index is 12.1. The van der Waals surface area contributed by atoms with E-state index in [1.54, 1.807) is 42.5 Å². The topological polar surface area (TPSA) is 73.3 Å². The zero-order valence-electron chi connectivity index (χ0n) is 14.3. The summed E-state index contributed by atoms with van der Waals surface area (Å²) in [5.74, 6) is 0.499. The number of hydrogen-bond acceptors (Lipinski definition) is 5. The number of nitrogens with one attached hydrogen (secondary N) is 1. The van der Waals surface area contributed by atoms with E-state index in [0.29, 0.717) is 33.1 Å². The molecule has 0 spiro atoms. The highest BCUT2D eigenvalue weighted by molar-refractivity contribution is 6.35. The Balaban J connectivity index is 1.63. The number of carbonyl (C=O) groups excluding carboxylic acids is 1. The van der Waals surface area contributed by atoms with Gasteiger partial charge in [0.1, 0.15) is 5.75 Å². The van der Waals surface area contributed by atoms with Crippen molar-refractivity contribution in [2.24, 2.45) is 0 Å². The van der Waals surface area contributed by atoms with Crippen LogP contribution in [-0.4, -0.2) is 29.8 Å². The molecule has 138 valence electrons. The number of halogens is 2. The summed E-state index contributed by atoms with van der Waals surface area (Å²) >= 11 is 11.9. The average molecular weight is 404 g/mol. The van der Waals surface area contributed by atoms with E-state index < -0.39 is 0 Å². The van der Waals surface area contributed by atoms with Crippen molar-refractivity contribution < 1.29 is 14.3 Å². The summed E-state index contributed by atoms with van der Waals surface area (Å²) in [6.45, 7) is -0.187. The Morgan fingerprint density at radius 3 is 2.63 bits per heavy atom. The number of hydrogen-bond donors (Lipinski definition) is 1. The van der Waals surface area contributed by atoms with Crippen molar-refractivity contribution in [1.82, 2.24) is 10.2 Å². The number of rotatable bonds is 6. The SMILES string of the molecule is COc1ccc(-c2cccc(NC(=O)COc3ccc(Cl)cc3Cl)c2)nn1. The maximum Gasteiger partial charge on any atom is 0.262 e. The maximum absolute atomic E-state index is 12.1. The smallest absolute Gasteiger partial charge is 0.262 e. The van der Waals surface area contributed by atoms with Crippen molar-refractivity contribution in [3.63, 3.8) is 0 Å². The van der Waals surface area contributed by atoms with Crippen molar-refractivity contribution in [2.45, 2.75) is 0 Å². The quantitative estimate of drug-likeness (QED) is 0.656. The molecule has 0 radical (unpaired) electrons. The zero-order chi connectivity index (χ0) is 19.2. The van der Waals surface area contributed by atoms with Gasteiger partial charge in [-0.1, -0.05) is 35.3 Å². The minimum absolute atomic E-state index is 0.187. The van der Waals surface area contributed by atoms with E-state index in [0.717, 1.165) is 5.56 Å². The number of ether oxygens (including phenoxy) is 2. The molecule has 3 aromatic rings. The van der Waals surface area contributed by atoms with E-state index in [-0.39, 0.29) is 12.5 Å². The minimum atomic E-state index is -0.320. The number of carbonyl (C=O) groups is 1. The van der Waals surface area contributed by atoms with Crippen LogP contribution in [0.25, 0.3) is 11.3 Å². The fourth-order valence-electron chi connectivity index (χ4n) is 2.27. The van der Waals surface area contributed by atoms with E-state index in [4.69, 9.17) is 32.7 Å².